The van der Waals surface area contributed by atoms with Gasteiger partial charge in [-0.25, -0.2) is 0 Å². The van der Waals surface area contributed by atoms with Crippen molar-refractivity contribution >= 4 is 12.2 Å². The Morgan fingerprint density at radius 3 is 2.53 bits per heavy atom. The molecule has 0 spiro atoms. The lowest BCUT2D eigenvalue weighted by Crippen LogP contribution is -2.26. The van der Waals surface area contributed by atoms with Crippen LogP contribution in [0.15, 0.2) is 6.20 Å². The number of aryl methyl sites for hydroxylation is 1. The summed E-state index contributed by atoms with van der Waals surface area (Å²) < 4.78 is 3.08. The first-order valence-corrected chi connectivity index (χ1v) is 6.06. The van der Waals surface area contributed by atoms with Gasteiger partial charge in [-0.2, -0.15) is 0 Å². The molecule has 0 saturated heterocycles. The Kier molecular flexibility index (Phi) is 3.77. The average molecular weight is 226 g/mol. The van der Waals surface area contributed by atoms with Gasteiger partial charge in [-0.1, -0.05) is 34.6 Å². The molecule has 0 saturated carbocycles. The van der Waals surface area contributed by atoms with Crippen LogP contribution in [-0.4, -0.2) is 9.55 Å². The summed E-state index contributed by atoms with van der Waals surface area (Å²) in [4.78, 5) is 3.13. The van der Waals surface area contributed by atoms with Crippen LogP contribution in [0.25, 0.3) is 0 Å². The summed E-state index contributed by atoms with van der Waals surface area (Å²) in [5, 5.41) is 0. The molecule has 0 radical (unpaired) electrons. The average Bonchev–Trinajstić information content (AvgIpc) is 2.47. The number of nitrogens with one attached hydrogen (secondary N) is 1. The Hall–Kier alpha value is -0.570. The molecule has 1 N–H and O–H groups in total. The fourth-order valence-corrected chi connectivity index (χ4v) is 1.73. The molecule has 86 valence electrons. The van der Waals surface area contributed by atoms with Gasteiger partial charge < -0.3 is 9.55 Å². The molecule has 1 rings (SSSR count). The van der Waals surface area contributed by atoms with Crippen molar-refractivity contribution in [3.8, 4) is 0 Å². The van der Waals surface area contributed by atoms with E-state index in [2.05, 4.69) is 44.2 Å². The van der Waals surface area contributed by atoms with Crippen molar-refractivity contribution in [2.75, 3.05) is 0 Å². The third kappa shape index (κ3) is 2.71. The van der Waals surface area contributed by atoms with Crippen LogP contribution in [0.4, 0.5) is 0 Å². The predicted octanol–water partition coefficient (Wildman–Crippen LogP) is 3.79. The second kappa shape index (κ2) is 4.52. The Morgan fingerprint density at radius 2 is 2.07 bits per heavy atom. The summed E-state index contributed by atoms with van der Waals surface area (Å²) in [6.45, 7) is 12.3. The van der Waals surface area contributed by atoms with Crippen molar-refractivity contribution in [1.82, 2.24) is 9.55 Å². The van der Waals surface area contributed by atoms with Gasteiger partial charge in [0.1, 0.15) is 0 Å². The molecule has 15 heavy (non-hydrogen) atoms. The quantitative estimate of drug-likeness (QED) is 0.775. The SMILES string of the molecule is CCc1c[nH]c(=S)n1CC(C)(C)C(C)C. The standard InChI is InChI=1S/C12H22N2S/c1-6-10-7-13-11(15)14(10)8-12(4,5)9(2)3/h7,9H,6,8H2,1-5H3,(H,13,15). The van der Waals surface area contributed by atoms with Crippen LogP contribution in [0.1, 0.15) is 40.3 Å². The van der Waals surface area contributed by atoms with E-state index in [0.717, 1.165) is 17.7 Å². The monoisotopic (exact) mass is 226 g/mol. The third-order valence-corrected chi connectivity index (χ3v) is 3.78. The van der Waals surface area contributed by atoms with Crippen molar-refractivity contribution in [3.63, 3.8) is 0 Å². The van der Waals surface area contributed by atoms with E-state index < -0.39 is 0 Å². The van der Waals surface area contributed by atoms with E-state index >= 15 is 0 Å². The first-order valence-electron chi connectivity index (χ1n) is 5.65. The Balaban J connectivity index is 2.98. The lowest BCUT2D eigenvalue weighted by molar-refractivity contribution is 0.207. The zero-order chi connectivity index (χ0) is 11.6. The van der Waals surface area contributed by atoms with Crippen LogP contribution in [0, 0.1) is 16.1 Å². The highest BCUT2D eigenvalue weighted by Gasteiger charge is 2.23. The smallest absolute Gasteiger partial charge is 0.177 e. The van der Waals surface area contributed by atoms with E-state index in [9.17, 15) is 0 Å². The minimum Gasteiger partial charge on any atom is -0.337 e. The topological polar surface area (TPSA) is 20.7 Å². The number of rotatable bonds is 4. The van der Waals surface area contributed by atoms with Crippen LogP contribution in [0.2, 0.25) is 0 Å². The van der Waals surface area contributed by atoms with Crippen LogP contribution in [-0.2, 0) is 13.0 Å². The van der Waals surface area contributed by atoms with Crippen molar-refractivity contribution in [2.24, 2.45) is 11.3 Å². The van der Waals surface area contributed by atoms with E-state index in [1.807, 2.05) is 6.20 Å². The van der Waals surface area contributed by atoms with Crippen LogP contribution in [0.5, 0.6) is 0 Å². The molecule has 3 heteroatoms. The molecular weight excluding hydrogens is 204 g/mol. The molecule has 0 bridgehead atoms. The molecule has 0 fully saturated rings. The summed E-state index contributed by atoms with van der Waals surface area (Å²) in [5.74, 6) is 0.652. The Labute approximate surface area is 97.7 Å². The van der Waals surface area contributed by atoms with Crippen molar-refractivity contribution in [2.45, 2.75) is 47.6 Å². The fraction of sp³-hybridized carbons (Fsp3) is 0.750. The number of H-pyrrole nitrogens is 1. The number of aromatic nitrogens is 2. The summed E-state index contributed by atoms with van der Waals surface area (Å²) in [7, 11) is 0. The lowest BCUT2D eigenvalue weighted by atomic mass is 9.81. The molecule has 0 aliphatic rings. The van der Waals surface area contributed by atoms with E-state index in [-0.39, 0.29) is 5.41 Å². The molecule has 0 amide bonds. The van der Waals surface area contributed by atoms with Gasteiger partial charge >= 0.3 is 0 Å². The second-order valence-electron chi connectivity index (χ2n) is 5.17. The summed E-state index contributed by atoms with van der Waals surface area (Å²) in [6.07, 6.45) is 3.06. The van der Waals surface area contributed by atoms with Gasteiger partial charge in [0.2, 0.25) is 0 Å². The van der Waals surface area contributed by atoms with Gasteiger partial charge in [-0.15, -0.1) is 0 Å². The maximum absolute atomic E-state index is 5.30. The van der Waals surface area contributed by atoms with Crippen molar-refractivity contribution in [3.05, 3.63) is 16.7 Å². The minimum atomic E-state index is 0.282. The number of aromatic amines is 1. The number of hydrogen-bond donors (Lipinski definition) is 1. The Bertz CT molecular complexity index is 371. The van der Waals surface area contributed by atoms with Gasteiger partial charge in [0.25, 0.3) is 0 Å². The fourth-order valence-electron chi connectivity index (χ4n) is 1.49. The van der Waals surface area contributed by atoms with E-state index in [0.29, 0.717) is 5.92 Å². The van der Waals surface area contributed by atoms with Gasteiger partial charge in [0.05, 0.1) is 0 Å². The molecule has 1 aromatic heterocycles. The summed E-state index contributed by atoms with van der Waals surface area (Å²) >= 11 is 5.30. The molecule has 1 aromatic rings. The Morgan fingerprint density at radius 1 is 1.47 bits per heavy atom. The molecule has 0 aromatic carbocycles. The predicted molar refractivity (Wildman–Crippen MR) is 67.6 cm³/mol. The van der Waals surface area contributed by atoms with E-state index in [1.54, 1.807) is 0 Å². The van der Waals surface area contributed by atoms with Crippen molar-refractivity contribution < 1.29 is 0 Å². The molecule has 0 aliphatic carbocycles. The zero-order valence-electron chi connectivity index (χ0n) is 10.4. The minimum absolute atomic E-state index is 0.282. The lowest BCUT2D eigenvalue weighted by Gasteiger charge is -2.30. The first-order chi connectivity index (χ1) is 6.88. The van der Waals surface area contributed by atoms with Gasteiger partial charge in [-0.05, 0) is 30.0 Å². The molecule has 0 atom stereocenters. The van der Waals surface area contributed by atoms with E-state index in [4.69, 9.17) is 12.2 Å². The van der Waals surface area contributed by atoms with Crippen LogP contribution >= 0.6 is 12.2 Å². The highest BCUT2D eigenvalue weighted by atomic mass is 32.1. The van der Waals surface area contributed by atoms with E-state index in [1.165, 1.54) is 5.69 Å². The highest BCUT2D eigenvalue weighted by molar-refractivity contribution is 7.71. The summed E-state index contributed by atoms with van der Waals surface area (Å²) in [6, 6.07) is 0. The molecular formula is C12H22N2S. The highest BCUT2D eigenvalue weighted by Crippen LogP contribution is 2.28. The largest absolute Gasteiger partial charge is 0.337 e. The molecule has 2 nitrogen and oxygen atoms in total. The number of imidazole rings is 1. The second-order valence-corrected chi connectivity index (χ2v) is 5.55. The van der Waals surface area contributed by atoms with Crippen LogP contribution in [0.3, 0.4) is 0 Å². The molecule has 1 heterocycles. The van der Waals surface area contributed by atoms with Gasteiger partial charge in [0, 0.05) is 18.4 Å². The zero-order valence-corrected chi connectivity index (χ0v) is 11.2. The summed E-state index contributed by atoms with van der Waals surface area (Å²) in [5.41, 5.74) is 1.58. The van der Waals surface area contributed by atoms with Crippen molar-refractivity contribution in [1.29, 1.82) is 0 Å². The maximum atomic E-state index is 5.30. The third-order valence-electron chi connectivity index (χ3n) is 3.44. The van der Waals surface area contributed by atoms with Gasteiger partial charge in [0.15, 0.2) is 4.77 Å². The van der Waals surface area contributed by atoms with Gasteiger partial charge in [-0.3, -0.25) is 0 Å². The molecule has 0 unspecified atom stereocenters. The van der Waals surface area contributed by atoms with Crippen LogP contribution < -0.4 is 0 Å². The first kappa shape index (κ1) is 12.5. The number of hydrogen-bond acceptors (Lipinski definition) is 1. The normalized spacial score (nSPS) is 12.4. The number of nitrogens with zero attached hydrogens (tertiary/aromatic N) is 1. The molecule has 0 aliphatic heterocycles. The maximum Gasteiger partial charge on any atom is 0.177 e.